The largest absolute Gasteiger partial charge is 0.342 e. The quantitative estimate of drug-likeness (QED) is 0.577. The zero-order valence-corrected chi connectivity index (χ0v) is 17.3. The lowest BCUT2D eigenvalue weighted by molar-refractivity contribution is -0.118. The third-order valence-corrected chi connectivity index (χ3v) is 6.11. The molecule has 1 atom stereocenters. The topological polar surface area (TPSA) is 57.8 Å². The van der Waals surface area contributed by atoms with E-state index in [1.54, 1.807) is 12.1 Å². The van der Waals surface area contributed by atoms with E-state index < -0.39 is 0 Å². The van der Waals surface area contributed by atoms with Crippen molar-refractivity contribution in [2.45, 2.75) is 39.5 Å². The minimum atomic E-state index is -0.288. The Labute approximate surface area is 175 Å². The Kier molecular flexibility index (Phi) is 4.17. The lowest BCUT2D eigenvalue weighted by atomic mass is 9.69. The molecule has 5 heteroatoms. The van der Waals surface area contributed by atoms with Crippen LogP contribution in [-0.2, 0) is 4.79 Å². The number of fused-ring (bicyclic) bond motifs is 1. The van der Waals surface area contributed by atoms with E-state index in [1.807, 2.05) is 0 Å². The highest BCUT2D eigenvalue weighted by molar-refractivity contribution is 6.02. The van der Waals surface area contributed by atoms with Crippen LogP contribution in [0.15, 0.2) is 59.8 Å². The molecule has 4 nitrogen and oxygen atoms in total. The molecule has 0 saturated heterocycles. The highest BCUT2D eigenvalue weighted by Gasteiger charge is 2.42. The number of halogens is 1. The number of aryl methyl sites for hydroxylation is 1. The first-order chi connectivity index (χ1) is 14.3. The molecule has 0 bridgehead atoms. The summed E-state index contributed by atoms with van der Waals surface area (Å²) in [5.41, 5.74) is 6.51. The van der Waals surface area contributed by atoms with Crippen LogP contribution in [0.25, 0.3) is 11.3 Å². The molecule has 2 heterocycles. The number of anilines is 1. The number of allylic oxidation sites excluding steroid dienone is 2. The van der Waals surface area contributed by atoms with Gasteiger partial charge in [-0.2, -0.15) is 5.10 Å². The second-order valence-electron chi connectivity index (χ2n) is 9.17. The van der Waals surface area contributed by atoms with Gasteiger partial charge >= 0.3 is 0 Å². The van der Waals surface area contributed by atoms with Crippen molar-refractivity contribution in [3.05, 3.63) is 82.3 Å². The maximum atomic E-state index is 13.7. The number of rotatable bonds is 2. The van der Waals surface area contributed by atoms with Crippen LogP contribution in [0, 0.1) is 18.2 Å². The summed E-state index contributed by atoms with van der Waals surface area (Å²) in [6, 6.07) is 14.7. The number of Topliss-reactive ketones (excluding diaryl/α,β-unsaturated/α-hetero) is 1. The molecular weight excluding hydrogens is 377 g/mol. The fourth-order valence-corrected chi connectivity index (χ4v) is 4.72. The Hall–Kier alpha value is -3.21. The highest BCUT2D eigenvalue weighted by Crippen LogP contribution is 2.50. The van der Waals surface area contributed by atoms with Crippen LogP contribution >= 0.6 is 0 Å². The molecule has 152 valence electrons. The molecule has 1 aliphatic heterocycles. The van der Waals surface area contributed by atoms with Gasteiger partial charge in [0.1, 0.15) is 5.82 Å². The first kappa shape index (κ1) is 18.8. The fourth-order valence-electron chi connectivity index (χ4n) is 4.72. The van der Waals surface area contributed by atoms with Crippen LogP contribution in [0.3, 0.4) is 0 Å². The van der Waals surface area contributed by atoms with E-state index >= 15 is 0 Å². The summed E-state index contributed by atoms with van der Waals surface area (Å²) in [7, 11) is 0. The van der Waals surface area contributed by atoms with Crippen LogP contribution in [0.2, 0.25) is 0 Å². The van der Waals surface area contributed by atoms with Crippen molar-refractivity contribution in [1.82, 2.24) is 10.2 Å². The predicted octanol–water partition coefficient (Wildman–Crippen LogP) is 5.72. The molecule has 5 rings (SSSR count). The molecule has 3 aromatic rings. The number of hydrogen-bond acceptors (Lipinski definition) is 3. The van der Waals surface area contributed by atoms with Crippen molar-refractivity contribution in [3.8, 4) is 11.3 Å². The van der Waals surface area contributed by atoms with Gasteiger partial charge in [0.05, 0.1) is 5.69 Å². The van der Waals surface area contributed by atoms with E-state index in [-0.39, 0.29) is 22.9 Å². The first-order valence-corrected chi connectivity index (χ1v) is 10.3. The zero-order chi connectivity index (χ0) is 21.0. The maximum Gasteiger partial charge on any atom is 0.162 e. The number of carbonyl (C=O) groups excluding carboxylic acids is 1. The molecule has 0 amide bonds. The average molecular weight is 401 g/mol. The van der Waals surface area contributed by atoms with E-state index in [4.69, 9.17) is 0 Å². The summed E-state index contributed by atoms with van der Waals surface area (Å²) in [5.74, 6) is 0.314. The summed E-state index contributed by atoms with van der Waals surface area (Å²) in [6.07, 6.45) is 1.27. The van der Waals surface area contributed by atoms with Crippen molar-refractivity contribution in [1.29, 1.82) is 0 Å². The van der Waals surface area contributed by atoms with Gasteiger partial charge in [0.25, 0.3) is 0 Å². The standard InChI is InChI=1S/C25H24FN3O/c1-14-4-6-16(7-5-14)23-22-20(15-8-10-17(26)11-9-15)21-18(27-24(22)29-28-23)12-25(2,3)13-19(21)30/h4-11,20H,12-13H2,1-3H3,(H2,27,28,29). The maximum absolute atomic E-state index is 13.7. The fraction of sp³-hybridized carbons (Fsp3) is 0.280. The number of aromatic amines is 1. The smallest absolute Gasteiger partial charge is 0.162 e. The van der Waals surface area contributed by atoms with Gasteiger partial charge in [-0.15, -0.1) is 0 Å². The predicted molar refractivity (Wildman–Crippen MR) is 116 cm³/mol. The lowest BCUT2D eigenvalue weighted by Crippen LogP contribution is -2.33. The molecule has 0 saturated carbocycles. The van der Waals surface area contributed by atoms with Crippen LogP contribution < -0.4 is 5.32 Å². The second kappa shape index (κ2) is 6.66. The SMILES string of the molecule is Cc1ccc(-c2[nH]nc3c2C(c2ccc(F)cc2)C2=C(CC(C)(C)CC2=O)N3)cc1. The van der Waals surface area contributed by atoms with Gasteiger partial charge in [-0.3, -0.25) is 9.89 Å². The van der Waals surface area contributed by atoms with E-state index in [1.165, 1.54) is 17.7 Å². The van der Waals surface area contributed by atoms with Crippen molar-refractivity contribution >= 4 is 11.6 Å². The van der Waals surface area contributed by atoms with E-state index in [2.05, 4.69) is 60.6 Å². The number of nitrogens with one attached hydrogen (secondary N) is 2. The zero-order valence-electron chi connectivity index (χ0n) is 17.3. The number of ketones is 1. The van der Waals surface area contributed by atoms with Gasteiger partial charge in [-0.25, -0.2) is 4.39 Å². The van der Waals surface area contributed by atoms with Crippen LogP contribution in [0.1, 0.15) is 49.3 Å². The van der Waals surface area contributed by atoms with Gasteiger partial charge in [0.15, 0.2) is 11.6 Å². The third-order valence-electron chi connectivity index (χ3n) is 6.11. The average Bonchev–Trinajstić information content (AvgIpc) is 3.10. The number of hydrogen-bond donors (Lipinski definition) is 2. The lowest BCUT2D eigenvalue weighted by Gasteiger charge is -2.38. The Bertz CT molecular complexity index is 1170. The van der Waals surface area contributed by atoms with Crippen LogP contribution in [-0.4, -0.2) is 16.0 Å². The number of nitrogens with zero attached hydrogens (tertiary/aromatic N) is 1. The minimum Gasteiger partial charge on any atom is -0.342 e. The number of carbonyl (C=O) groups is 1. The van der Waals surface area contributed by atoms with Gasteiger partial charge in [0, 0.05) is 29.2 Å². The summed E-state index contributed by atoms with van der Waals surface area (Å²) in [5, 5.41) is 11.2. The third kappa shape index (κ3) is 3.05. The van der Waals surface area contributed by atoms with E-state index in [0.29, 0.717) is 6.42 Å². The summed E-state index contributed by atoms with van der Waals surface area (Å²) >= 11 is 0. The summed E-state index contributed by atoms with van der Waals surface area (Å²) < 4.78 is 13.7. The molecule has 1 aromatic heterocycles. The van der Waals surface area contributed by atoms with Crippen molar-refractivity contribution in [2.24, 2.45) is 5.41 Å². The van der Waals surface area contributed by atoms with Crippen molar-refractivity contribution in [3.63, 3.8) is 0 Å². The monoisotopic (exact) mass is 401 g/mol. The van der Waals surface area contributed by atoms with E-state index in [9.17, 15) is 9.18 Å². The Morgan fingerprint density at radius 2 is 1.73 bits per heavy atom. The number of benzene rings is 2. The van der Waals surface area contributed by atoms with Crippen LogP contribution in [0.5, 0.6) is 0 Å². The second-order valence-corrected chi connectivity index (χ2v) is 9.17. The molecule has 2 N–H and O–H groups in total. The van der Waals surface area contributed by atoms with Crippen LogP contribution in [0.4, 0.5) is 10.2 Å². The molecule has 0 fully saturated rings. The molecule has 30 heavy (non-hydrogen) atoms. The summed E-state index contributed by atoms with van der Waals surface area (Å²) in [6.45, 7) is 6.27. The highest BCUT2D eigenvalue weighted by atomic mass is 19.1. The first-order valence-electron chi connectivity index (χ1n) is 10.3. The molecule has 0 spiro atoms. The van der Waals surface area contributed by atoms with Gasteiger partial charge in [-0.05, 0) is 42.0 Å². The molecule has 1 unspecified atom stereocenters. The van der Waals surface area contributed by atoms with E-state index in [0.717, 1.165) is 45.9 Å². The minimum absolute atomic E-state index is 0.107. The van der Waals surface area contributed by atoms with Gasteiger partial charge < -0.3 is 5.32 Å². The molecular formula is C25H24FN3O. The van der Waals surface area contributed by atoms with Crippen molar-refractivity contribution in [2.75, 3.05) is 5.32 Å². The molecule has 1 aliphatic carbocycles. The number of aromatic nitrogens is 2. The Morgan fingerprint density at radius 1 is 1.03 bits per heavy atom. The molecule has 2 aliphatic rings. The Balaban J connectivity index is 1.73. The van der Waals surface area contributed by atoms with Gasteiger partial charge in [-0.1, -0.05) is 55.8 Å². The number of H-pyrrole nitrogens is 1. The normalized spacial score (nSPS) is 19.9. The Morgan fingerprint density at radius 3 is 2.43 bits per heavy atom. The van der Waals surface area contributed by atoms with Gasteiger partial charge in [0.2, 0.25) is 0 Å². The molecule has 2 aromatic carbocycles. The molecule has 0 radical (unpaired) electrons. The summed E-state index contributed by atoms with van der Waals surface area (Å²) in [4.78, 5) is 13.3. The van der Waals surface area contributed by atoms with Crippen molar-refractivity contribution < 1.29 is 9.18 Å².